The Kier molecular flexibility index (Phi) is 4.75. The number of aliphatic imine (C=N–C) groups is 1. The third kappa shape index (κ3) is 3.61. The van der Waals surface area contributed by atoms with Crippen molar-refractivity contribution in [3.05, 3.63) is 41.5 Å². The summed E-state index contributed by atoms with van der Waals surface area (Å²) in [6.07, 6.45) is 2.18. The lowest BCUT2D eigenvalue weighted by Crippen LogP contribution is -2.37. The highest BCUT2D eigenvalue weighted by Crippen LogP contribution is 2.14. The molecule has 1 aromatic carbocycles. The smallest absolute Gasteiger partial charge is 0.191 e. The molecule has 0 bridgehead atoms. The molecular formula is C16H22N6O. The molecule has 0 saturated carbocycles. The van der Waals surface area contributed by atoms with Gasteiger partial charge < -0.3 is 19.9 Å². The molecule has 0 radical (unpaired) electrons. The van der Waals surface area contributed by atoms with E-state index < -0.39 is 0 Å². The first kappa shape index (κ1) is 15.3. The lowest BCUT2D eigenvalue weighted by molar-refractivity contribution is 0.414. The number of hydrogen-bond acceptors (Lipinski definition) is 4. The first-order valence-corrected chi connectivity index (χ1v) is 7.78. The fourth-order valence-corrected chi connectivity index (χ4v) is 2.69. The number of methoxy groups -OCH3 is 1. The predicted octanol–water partition coefficient (Wildman–Crippen LogP) is 1.10. The lowest BCUT2D eigenvalue weighted by Gasteiger charge is -2.12. The summed E-state index contributed by atoms with van der Waals surface area (Å²) in [6.45, 7) is 2.30. The van der Waals surface area contributed by atoms with E-state index in [2.05, 4.69) is 30.4 Å². The lowest BCUT2D eigenvalue weighted by atomic mass is 10.2. The second-order valence-corrected chi connectivity index (χ2v) is 5.42. The first-order chi connectivity index (χ1) is 11.3. The van der Waals surface area contributed by atoms with Crippen LogP contribution < -0.4 is 15.4 Å². The van der Waals surface area contributed by atoms with E-state index >= 15 is 0 Å². The van der Waals surface area contributed by atoms with E-state index in [4.69, 9.17) is 4.74 Å². The van der Waals surface area contributed by atoms with Crippen LogP contribution >= 0.6 is 0 Å². The van der Waals surface area contributed by atoms with Crippen LogP contribution in [0.3, 0.4) is 0 Å². The number of fused-ring (bicyclic) bond motifs is 1. The van der Waals surface area contributed by atoms with Crippen LogP contribution in [0.25, 0.3) is 0 Å². The van der Waals surface area contributed by atoms with E-state index in [1.165, 1.54) is 0 Å². The van der Waals surface area contributed by atoms with Crippen LogP contribution in [0, 0.1) is 0 Å². The van der Waals surface area contributed by atoms with Crippen LogP contribution in [0.2, 0.25) is 0 Å². The van der Waals surface area contributed by atoms with Gasteiger partial charge in [0, 0.05) is 26.6 Å². The molecule has 122 valence electrons. The third-order valence-electron chi connectivity index (χ3n) is 3.92. The van der Waals surface area contributed by atoms with Crippen LogP contribution in [0.15, 0.2) is 29.3 Å². The van der Waals surface area contributed by atoms with Crippen LogP contribution in [-0.4, -0.2) is 34.9 Å². The zero-order valence-electron chi connectivity index (χ0n) is 13.5. The Bertz CT molecular complexity index is 694. The largest absolute Gasteiger partial charge is 0.497 e. The summed E-state index contributed by atoms with van der Waals surface area (Å²) in [4.78, 5) is 4.24. The zero-order chi connectivity index (χ0) is 16.1. The molecule has 0 amide bonds. The van der Waals surface area contributed by atoms with Gasteiger partial charge in [0.05, 0.1) is 13.7 Å². The number of hydrogen-bond donors (Lipinski definition) is 2. The Morgan fingerprint density at radius 2 is 2.17 bits per heavy atom. The Morgan fingerprint density at radius 3 is 3.00 bits per heavy atom. The van der Waals surface area contributed by atoms with Gasteiger partial charge in [-0.3, -0.25) is 4.99 Å². The van der Waals surface area contributed by atoms with Crippen molar-refractivity contribution in [2.75, 3.05) is 14.2 Å². The van der Waals surface area contributed by atoms with E-state index in [9.17, 15) is 0 Å². The van der Waals surface area contributed by atoms with Crippen LogP contribution in [0.4, 0.5) is 0 Å². The summed E-state index contributed by atoms with van der Waals surface area (Å²) in [5, 5.41) is 15.0. The van der Waals surface area contributed by atoms with E-state index in [1.807, 2.05) is 24.3 Å². The first-order valence-electron chi connectivity index (χ1n) is 7.78. The monoisotopic (exact) mass is 314 g/mol. The van der Waals surface area contributed by atoms with E-state index in [0.29, 0.717) is 13.1 Å². The summed E-state index contributed by atoms with van der Waals surface area (Å²) in [5.41, 5.74) is 1.13. The minimum atomic E-state index is 0.616. The number of aromatic nitrogens is 3. The van der Waals surface area contributed by atoms with Crippen LogP contribution in [-0.2, 0) is 26.1 Å². The van der Waals surface area contributed by atoms with Crippen molar-refractivity contribution in [3.8, 4) is 5.75 Å². The highest BCUT2D eigenvalue weighted by atomic mass is 16.5. The topological polar surface area (TPSA) is 76.4 Å². The molecule has 2 N–H and O–H groups in total. The van der Waals surface area contributed by atoms with Gasteiger partial charge in [-0.05, 0) is 24.1 Å². The van der Waals surface area contributed by atoms with Crippen molar-refractivity contribution in [2.45, 2.75) is 32.5 Å². The standard InChI is InChI=1S/C16H22N6O/c1-17-16(18-10-12-5-3-6-13(9-12)23-2)19-11-15-21-20-14-7-4-8-22(14)15/h3,5-6,9H,4,7-8,10-11H2,1-2H3,(H2,17,18,19). The van der Waals surface area contributed by atoms with Gasteiger partial charge in [-0.15, -0.1) is 10.2 Å². The third-order valence-corrected chi connectivity index (χ3v) is 3.92. The second kappa shape index (κ2) is 7.13. The Balaban J connectivity index is 1.54. The number of nitrogens with zero attached hydrogens (tertiary/aromatic N) is 4. The molecule has 1 aromatic heterocycles. The van der Waals surface area contributed by atoms with Gasteiger partial charge in [0.15, 0.2) is 11.8 Å². The molecule has 7 heteroatoms. The molecule has 1 aliphatic heterocycles. The Hall–Kier alpha value is -2.57. The van der Waals surface area contributed by atoms with Gasteiger partial charge in [-0.2, -0.15) is 0 Å². The molecule has 7 nitrogen and oxygen atoms in total. The summed E-state index contributed by atoms with van der Waals surface area (Å²) >= 11 is 0. The van der Waals surface area contributed by atoms with Gasteiger partial charge >= 0.3 is 0 Å². The maximum Gasteiger partial charge on any atom is 0.191 e. The van der Waals surface area contributed by atoms with Gasteiger partial charge in [0.1, 0.15) is 11.6 Å². The molecule has 0 atom stereocenters. The minimum Gasteiger partial charge on any atom is -0.497 e. The van der Waals surface area contributed by atoms with Crippen molar-refractivity contribution in [1.82, 2.24) is 25.4 Å². The van der Waals surface area contributed by atoms with Crippen LogP contribution in [0.1, 0.15) is 23.6 Å². The molecule has 3 rings (SSSR count). The SMILES string of the molecule is CN=C(NCc1cccc(OC)c1)NCc1nnc2n1CCC2. The molecule has 1 aliphatic rings. The van der Waals surface area contributed by atoms with E-state index in [0.717, 1.165) is 48.3 Å². The highest BCUT2D eigenvalue weighted by Gasteiger charge is 2.16. The van der Waals surface area contributed by atoms with Gasteiger partial charge in [0.2, 0.25) is 0 Å². The molecule has 0 spiro atoms. The normalized spacial score (nSPS) is 13.7. The number of benzene rings is 1. The Labute approximate surface area is 135 Å². The zero-order valence-corrected chi connectivity index (χ0v) is 13.5. The summed E-state index contributed by atoms with van der Waals surface area (Å²) in [7, 11) is 3.43. The molecule has 0 fully saturated rings. The maximum absolute atomic E-state index is 5.24. The van der Waals surface area contributed by atoms with Crippen molar-refractivity contribution in [1.29, 1.82) is 0 Å². The second-order valence-electron chi connectivity index (χ2n) is 5.42. The molecule has 0 aliphatic carbocycles. The van der Waals surface area contributed by atoms with Crippen molar-refractivity contribution >= 4 is 5.96 Å². The molecule has 0 unspecified atom stereocenters. The summed E-state index contributed by atoms with van der Waals surface area (Å²) < 4.78 is 7.42. The fourth-order valence-electron chi connectivity index (χ4n) is 2.69. The Morgan fingerprint density at radius 1 is 1.30 bits per heavy atom. The van der Waals surface area contributed by atoms with Gasteiger partial charge in [0.25, 0.3) is 0 Å². The number of rotatable bonds is 5. The van der Waals surface area contributed by atoms with Crippen molar-refractivity contribution < 1.29 is 4.74 Å². The maximum atomic E-state index is 5.24. The quantitative estimate of drug-likeness (QED) is 0.638. The molecular weight excluding hydrogens is 292 g/mol. The number of ether oxygens (including phenoxy) is 1. The van der Waals surface area contributed by atoms with Gasteiger partial charge in [-0.25, -0.2) is 0 Å². The minimum absolute atomic E-state index is 0.616. The number of nitrogens with one attached hydrogen (secondary N) is 2. The van der Waals surface area contributed by atoms with Crippen LogP contribution in [0.5, 0.6) is 5.75 Å². The average molecular weight is 314 g/mol. The van der Waals surface area contributed by atoms with Crippen molar-refractivity contribution in [2.24, 2.45) is 4.99 Å². The number of guanidine groups is 1. The number of aryl methyl sites for hydroxylation is 1. The molecule has 2 aromatic rings. The van der Waals surface area contributed by atoms with E-state index in [-0.39, 0.29) is 0 Å². The predicted molar refractivity (Wildman–Crippen MR) is 88.4 cm³/mol. The van der Waals surface area contributed by atoms with E-state index in [1.54, 1.807) is 14.2 Å². The fraction of sp³-hybridized carbons (Fsp3) is 0.438. The molecule has 23 heavy (non-hydrogen) atoms. The average Bonchev–Trinajstić information content (AvgIpc) is 3.19. The van der Waals surface area contributed by atoms with Crippen molar-refractivity contribution in [3.63, 3.8) is 0 Å². The molecule has 0 saturated heterocycles. The molecule has 2 heterocycles. The summed E-state index contributed by atoms with van der Waals surface area (Å²) in [5.74, 6) is 3.64. The highest BCUT2D eigenvalue weighted by molar-refractivity contribution is 5.79. The summed E-state index contributed by atoms with van der Waals surface area (Å²) in [6, 6.07) is 7.97. The van der Waals surface area contributed by atoms with Gasteiger partial charge in [-0.1, -0.05) is 12.1 Å².